The molecule has 0 amide bonds. The molecule has 7 heteroatoms. The van der Waals surface area contributed by atoms with Gasteiger partial charge in [-0.2, -0.15) is 0 Å². The number of aromatic nitrogens is 1. The van der Waals surface area contributed by atoms with E-state index < -0.39 is 41.1 Å². The van der Waals surface area contributed by atoms with Crippen LogP contribution in [-0.4, -0.2) is 47.6 Å². The fraction of sp³-hybridized carbons (Fsp3) is 0.500. The third kappa shape index (κ3) is 3.10. The SMILES string of the molecule is COC(=O)[C@H]1C(=O)C[C@@](C)(O)[C@@H](C(=O)OC)[C@H]1c1cccnc1. The number of hydrogen-bond acceptors (Lipinski definition) is 7. The van der Waals surface area contributed by atoms with Gasteiger partial charge in [0.05, 0.1) is 25.7 Å². The third-order valence-corrected chi connectivity index (χ3v) is 4.25. The number of methoxy groups -OCH3 is 2. The van der Waals surface area contributed by atoms with Crippen molar-refractivity contribution < 1.29 is 29.0 Å². The molecule has 0 aliphatic heterocycles. The molecule has 4 atom stereocenters. The summed E-state index contributed by atoms with van der Waals surface area (Å²) in [5, 5.41) is 10.6. The Morgan fingerprint density at radius 2 is 1.96 bits per heavy atom. The molecule has 1 aromatic rings. The Morgan fingerprint density at radius 3 is 2.48 bits per heavy atom. The number of aliphatic hydroxyl groups is 1. The number of pyridine rings is 1. The van der Waals surface area contributed by atoms with Gasteiger partial charge in [0.25, 0.3) is 0 Å². The van der Waals surface area contributed by atoms with Gasteiger partial charge in [-0.25, -0.2) is 0 Å². The number of ether oxygens (including phenoxy) is 2. The van der Waals surface area contributed by atoms with Crippen LogP contribution in [0.4, 0.5) is 0 Å². The molecule has 1 aliphatic rings. The molecule has 0 unspecified atom stereocenters. The summed E-state index contributed by atoms with van der Waals surface area (Å²) in [5.41, 5.74) is -1.14. The average Bonchev–Trinajstić information content (AvgIpc) is 2.52. The van der Waals surface area contributed by atoms with Crippen molar-refractivity contribution in [1.82, 2.24) is 4.98 Å². The monoisotopic (exact) mass is 321 g/mol. The normalized spacial score (nSPS) is 30.6. The first-order valence-electron chi connectivity index (χ1n) is 7.14. The quantitative estimate of drug-likeness (QED) is 0.637. The van der Waals surface area contributed by atoms with E-state index in [1.165, 1.54) is 33.5 Å². The summed E-state index contributed by atoms with van der Waals surface area (Å²) in [5.74, 6) is -5.08. The number of hydrogen-bond donors (Lipinski definition) is 1. The third-order valence-electron chi connectivity index (χ3n) is 4.25. The Bertz CT molecular complexity index is 612. The number of rotatable bonds is 3. The lowest BCUT2D eigenvalue weighted by molar-refractivity contribution is -0.170. The summed E-state index contributed by atoms with van der Waals surface area (Å²) < 4.78 is 9.52. The highest BCUT2D eigenvalue weighted by Crippen LogP contribution is 2.46. The van der Waals surface area contributed by atoms with Gasteiger partial charge in [-0.15, -0.1) is 0 Å². The minimum atomic E-state index is -1.63. The van der Waals surface area contributed by atoms with Crippen molar-refractivity contribution in [2.24, 2.45) is 11.8 Å². The van der Waals surface area contributed by atoms with Crippen LogP contribution in [0.15, 0.2) is 24.5 Å². The molecule has 0 aromatic carbocycles. The van der Waals surface area contributed by atoms with Gasteiger partial charge in [-0.1, -0.05) is 6.07 Å². The van der Waals surface area contributed by atoms with Crippen LogP contribution in [0.25, 0.3) is 0 Å². The molecule has 1 aromatic heterocycles. The van der Waals surface area contributed by atoms with Crippen molar-refractivity contribution in [2.75, 3.05) is 14.2 Å². The topological polar surface area (TPSA) is 103 Å². The predicted molar refractivity (Wildman–Crippen MR) is 78.2 cm³/mol. The van der Waals surface area contributed by atoms with E-state index in [0.717, 1.165) is 0 Å². The van der Waals surface area contributed by atoms with Crippen LogP contribution >= 0.6 is 0 Å². The van der Waals surface area contributed by atoms with Crippen LogP contribution in [-0.2, 0) is 23.9 Å². The van der Waals surface area contributed by atoms with Crippen LogP contribution in [0.3, 0.4) is 0 Å². The van der Waals surface area contributed by atoms with Crippen molar-refractivity contribution in [1.29, 1.82) is 0 Å². The van der Waals surface area contributed by atoms with Crippen molar-refractivity contribution >= 4 is 17.7 Å². The predicted octanol–water partition coefficient (Wildman–Crippen LogP) is 0.467. The molecule has 0 saturated heterocycles. The number of carbonyl (C=O) groups excluding carboxylic acids is 3. The van der Waals surface area contributed by atoms with Gasteiger partial charge in [0, 0.05) is 24.7 Å². The summed E-state index contributed by atoms with van der Waals surface area (Å²) >= 11 is 0. The van der Waals surface area contributed by atoms with Crippen LogP contribution in [0.1, 0.15) is 24.8 Å². The summed E-state index contributed by atoms with van der Waals surface area (Å²) in [7, 11) is 2.37. The molecule has 1 saturated carbocycles. The van der Waals surface area contributed by atoms with Crippen LogP contribution in [0, 0.1) is 11.8 Å². The maximum absolute atomic E-state index is 12.4. The highest BCUT2D eigenvalue weighted by molar-refractivity contribution is 6.02. The molecule has 1 fully saturated rings. The molecule has 0 bridgehead atoms. The summed E-state index contributed by atoms with van der Waals surface area (Å²) in [6.07, 6.45) is 2.67. The minimum absolute atomic E-state index is 0.330. The van der Waals surface area contributed by atoms with E-state index in [9.17, 15) is 19.5 Å². The lowest BCUT2D eigenvalue weighted by Crippen LogP contribution is -2.55. The molecule has 1 aliphatic carbocycles. The van der Waals surface area contributed by atoms with E-state index in [1.807, 2.05) is 0 Å². The second kappa shape index (κ2) is 6.45. The number of esters is 2. The first kappa shape index (κ1) is 17.1. The molecule has 124 valence electrons. The zero-order valence-corrected chi connectivity index (χ0v) is 13.2. The van der Waals surface area contributed by atoms with Gasteiger partial charge in [0.1, 0.15) is 5.92 Å². The highest BCUT2D eigenvalue weighted by Gasteiger charge is 2.56. The Morgan fingerprint density at radius 1 is 1.30 bits per heavy atom. The van der Waals surface area contributed by atoms with Gasteiger partial charge >= 0.3 is 11.9 Å². The maximum atomic E-state index is 12.4. The van der Waals surface area contributed by atoms with Crippen LogP contribution in [0.2, 0.25) is 0 Å². The number of Topliss-reactive ketones (excluding diaryl/α,β-unsaturated/α-hetero) is 1. The summed E-state index contributed by atoms with van der Waals surface area (Å²) in [4.78, 5) is 40.8. The lowest BCUT2D eigenvalue weighted by atomic mass is 9.62. The fourth-order valence-corrected chi connectivity index (χ4v) is 3.24. The summed E-state index contributed by atoms with van der Waals surface area (Å²) in [6.45, 7) is 1.39. The van der Waals surface area contributed by atoms with Gasteiger partial charge in [-0.05, 0) is 18.6 Å². The van der Waals surface area contributed by atoms with Gasteiger partial charge in [0.15, 0.2) is 5.78 Å². The molecule has 0 spiro atoms. The van der Waals surface area contributed by atoms with E-state index in [2.05, 4.69) is 4.98 Å². The zero-order valence-electron chi connectivity index (χ0n) is 13.2. The Kier molecular flexibility index (Phi) is 4.79. The van der Waals surface area contributed by atoms with Crippen molar-refractivity contribution in [3.8, 4) is 0 Å². The lowest BCUT2D eigenvalue weighted by Gasteiger charge is -2.43. The van der Waals surface area contributed by atoms with E-state index in [1.54, 1.807) is 12.1 Å². The minimum Gasteiger partial charge on any atom is -0.469 e. The smallest absolute Gasteiger partial charge is 0.316 e. The second-order valence-electron chi connectivity index (χ2n) is 5.81. The number of nitrogens with zero attached hydrogens (tertiary/aromatic N) is 1. The zero-order chi connectivity index (χ0) is 17.2. The largest absolute Gasteiger partial charge is 0.469 e. The molecular weight excluding hydrogens is 302 g/mol. The van der Waals surface area contributed by atoms with E-state index in [0.29, 0.717) is 5.56 Å². The molecule has 1 N–H and O–H groups in total. The van der Waals surface area contributed by atoms with E-state index in [4.69, 9.17) is 9.47 Å². The van der Waals surface area contributed by atoms with Crippen molar-refractivity contribution in [2.45, 2.75) is 24.9 Å². The second-order valence-corrected chi connectivity index (χ2v) is 5.81. The average molecular weight is 321 g/mol. The molecular formula is C16H19NO6. The highest BCUT2D eigenvalue weighted by atomic mass is 16.5. The van der Waals surface area contributed by atoms with Crippen LogP contribution < -0.4 is 0 Å². The van der Waals surface area contributed by atoms with Gasteiger partial charge < -0.3 is 14.6 Å². The number of ketones is 1. The Labute approximate surface area is 133 Å². The Hall–Kier alpha value is -2.28. The first-order valence-corrected chi connectivity index (χ1v) is 7.14. The van der Waals surface area contributed by atoms with Crippen molar-refractivity contribution in [3.63, 3.8) is 0 Å². The molecule has 1 heterocycles. The van der Waals surface area contributed by atoms with Gasteiger partial charge in [0.2, 0.25) is 0 Å². The van der Waals surface area contributed by atoms with E-state index in [-0.39, 0.29) is 6.42 Å². The Balaban J connectivity index is 2.61. The first-order chi connectivity index (χ1) is 10.8. The van der Waals surface area contributed by atoms with Crippen molar-refractivity contribution in [3.05, 3.63) is 30.1 Å². The summed E-state index contributed by atoms with van der Waals surface area (Å²) in [6, 6.07) is 3.28. The molecule has 7 nitrogen and oxygen atoms in total. The van der Waals surface area contributed by atoms with Crippen LogP contribution in [0.5, 0.6) is 0 Å². The fourth-order valence-electron chi connectivity index (χ4n) is 3.24. The number of carbonyl (C=O) groups is 3. The standard InChI is InChI=1S/C16H19NO6/c1-16(21)7-10(18)12(14(19)22-2)11(13(16)15(20)23-3)9-5-4-6-17-8-9/h4-6,8,11-13,21H,7H2,1-3H3/t11-,12-,13+,16+/m0/s1. The van der Waals surface area contributed by atoms with E-state index >= 15 is 0 Å². The maximum Gasteiger partial charge on any atom is 0.316 e. The molecule has 0 radical (unpaired) electrons. The van der Waals surface area contributed by atoms with Gasteiger partial charge in [-0.3, -0.25) is 19.4 Å². The molecule has 23 heavy (non-hydrogen) atoms. The molecule has 2 rings (SSSR count).